The molecule has 0 aromatic carbocycles. The van der Waals surface area contributed by atoms with E-state index in [9.17, 15) is 5.11 Å². The van der Waals surface area contributed by atoms with Gasteiger partial charge in [0.25, 0.3) is 0 Å². The summed E-state index contributed by atoms with van der Waals surface area (Å²) in [6.07, 6.45) is 2.02. The van der Waals surface area contributed by atoms with E-state index in [1.807, 2.05) is 0 Å². The summed E-state index contributed by atoms with van der Waals surface area (Å²) >= 11 is 0. The number of hydrogen-bond acceptors (Lipinski definition) is 2. The largest absolute Gasteiger partial charge is 0.393 e. The minimum atomic E-state index is -0.105. The lowest BCUT2D eigenvalue weighted by atomic mass is 9.79. The normalized spacial score (nSPS) is 45.8. The van der Waals surface area contributed by atoms with Crippen LogP contribution in [-0.4, -0.2) is 24.4 Å². The van der Waals surface area contributed by atoms with Crippen molar-refractivity contribution in [2.24, 2.45) is 11.8 Å². The lowest BCUT2D eigenvalue weighted by Gasteiger charge is -2.35. The molecule has 0 bridgehead atoms. The van der Waals surface area contributed by atoms with Crippen molar-refractivity contribution in [3.63, 3.8) is 0 Å². The predicted molar refractivity (Wildman–Crippen MR) is 44.4 cm³/mol. The number of methoxy groups -OCH3 is 1. The van der Waals surface area contributed by atoms with Gasteiger partial charge in [0.1, 0.15) is 0 Å². The molecule has 1 N–H and O–H groups in total. The van der Waals surface area contributed by atoms with Gasteiger partial charge in [0.05, 0.1) is 12.2 Å². The third-order valence-electron chi connectivity index (χ3n) is 2.68. The van der Waals surface area contributed by atoms with Crippen LogP contribution in [-0.2, 0) is 4.74 Å². The van der Waals surface area contributed by atoms with E-state index in [1.54, 1.807) is 7.11 Å². The molecule has 2 heteroatoms. The van der Waals surface area contributed by atoms with E-state index in [1.165, 1.54) is 0 Å². The number of aliphatic hydroxyl groups excluding tert-OH is 1. The highest BCUT2D eigenvalue weighted by atomic mass is 16.5. The molecule has 0 aromatic heterocycles. The van der Waals surface area contributed by atoms with Crippen LogP contribution in [0.2, 0.25) is 0 Å². The van der Waals surface area contributed by atoms with Crippen LogP contribution >= 0.6 is 0 Å². The van der Waals surface area contributed by atoms with E-state index in [-0.39, 0.29) is 6.10 Å². The average molecular weight is 158 g/mol. The second-order valence-electron chi connectivity index (χ2n) is 3.78. The Kier molecular flexibility index (Phi) is 2.90. The number of rotatable bonds is 1. The molecule has 1 aliphatic rings. The first-order chi connectivity index (χ1) is 5.15. The smallest absolute Gasteiger partial charge is 0.0624 e. The third kappa shape index (κ3) is 1.94. The lowest BCUT2D eigenvalue weighted by Crippen LogP contribution is -2.37. The highest BCUT2D eigenvalue weighted by Gasteiger charge is 2.31. The first kappa shape index (κ1) is 9.01. The van der Waals surface area contributed by atoms with Gasteiger partial charge in [-0.05, 0) is 24.7 Å². The summed E-state index contributed by atoms with van der Waals surface area (Å²) in [7, 11) is 1.76. The molecular weight excluding hydrogens is 140 g/mol. The van der Waals surface area contributed by atoms with E-state index in [2.05, 4.69) is 13.8 Å². The van der Waals surface area contributed by atoms with Crippen molar-refractivity contribution in [2.45, 2.75) is 38.9 Å². The fourth-order valence-electron chi connectivity index (χ4n) is 2.25. The molecule has 66 valence electrons. The Bertz CT molecular complexity index is 113. The van der Waals surface area contributed by atoms with Crippen LogP contribution in [0, 0.1) is 11.8 Å². The zero-order valence-electron chi connectivity index (χ0n) is 7.58. The molecule has 0 spiro atoms. The fraction of sp³-hybridized carbons (Fsp3) is 1.00. The standard InChI is InChI=1S/C9H18O2/c1-6-4-8(10)5-7(2)9(6)11-3/h6-10H,4-5H2,1-3H3. The molecule has 2 nitrogen and oxygen atoms in total. The number of aliphatic hydroxyl groups is 1. The van der Waals surface area contributed by atoms with Crippen molar-refractivity contribution in [1.29, 1.82) is 0 Å². The van der Waals surface area contributed by atoms with Crippen molar-refractivity contribution in [3.05, 3.63) is 0 Å². The Balaban J connectivity index is 2.52. The zero-order valence-corrected chi connectivity index (χ0v) is 7.58. The highest BCUT2D eigenvalue weighted by Crippen LogP contribution is 2.30. The molecule has 0 aliphatic heterocycles. The first-order valence-electron chi connectivity index (χ1n) is 4.36. The van der Waals surface area contributed by atoms with Crippen LogP contribution in [0.4, 0.5) is 0 Å². The van der Waals surface area contributed by atoms with E-state index in [4.69, 9.17) is 4.74 Å². The van der Waals surface area contributed by atoms with Crippen molar-refractivity contribution >= 4 is 0 Å². The zero-order chi connectivity index (χ0) is 8.43. The van der Waals surface area contributed by atoms with E-state index in [0.717, 1.165) is 12.8 Å². The molecule has 1 saturated carbocycles. The van der Waals surface area contributed by atoms with Gasteiger partial charge in [0.15, 0.2) is 0 Å². The summed E-state index contributed by atoms with van der Waals surface area (Å²) in [6.45, 7) is 4.29. The molecule has 1 rings (SSSR count). The molecule has 0 radical (unpaired) electrons. The van der Waals surface area contributed by atoms with E-state index in [0.29, 0.717) is 17.9 Å². The minimum absolute atomic E-state index is 0.105. The number of hydrogen-bond donors (Lipinski definition) is 1. The van der Waals surface area contributed by atoms with E-state index < -0.39 is 0 Å². The summed E-state index contributed by atoms with van der Waals surface area (Å²) in [4.78, 5) is 0. The molecule has 1 fully saturated rings. The van der Waals surface area contributed by atoms with Gasteiger partial charge in [-0.2, -0.15) is 0 Å². The Morgan fingerprint density at radius 1 is 1.18 bits per heavy atom. The minimum Gasteiger partial charge on any atom is -0.393 e. The molecule has 0 heterocycles. The second-order valence-corrected chi connectivity index (χ2v) is 3.78. The quantitative estimate of drug-likeness (QED) is 0.625. The number of ether oxygens (including phenoxy) is 1. The van der Waals surface area contributed by atoms with Crippen LogP contribution in [0.5, 0.6) is 0 Å². The summed E-state index contributed by atoms with van der Waals surface area (Å²) in [5, 5.41) is 9.41. The fourth-order valence-corrected chi connectivity index (χ4v) is 2.25. The maximum atomic E-state index is 9.41. The van der Waals surface area contributed by atoms with Crippen molar-refractivity contribution in [2.75, 3.05) is 7.11 Å². The van der Waals surface area contributed by atoms with Crippen LogP contribution in [0.1, 0.15) is 26.7 Å². The Morgan fingerprint density at radius 3 is 2.00 bits per heavy atom. The topological polar surface area (TPSA) is 29.5 Å². The van der Waals surface area contributed by atoms with Gasteiger partial charge < -0.3 is 9.84 Å². The van der Waals surface area contributed by atoms with Gasteiger partial charge in [-0.15, -0.1) is 0 Å². The van der Waals surface area contributed by atoms with Gasteiger partial charge >= 0.3 is 0 Å². The van der Waals surface area contributed by atoms with E-state index >= 15 is 0 Å². The third-order valence-corrected chi connectivity index (χ3v) is 2.68. The lowest BCUT2D eigenvalue weighted by molar-refractivity contribution is -0.0483. The molecule has 1 aliphatic carbocycles. The molecule has 0 amide bonds. The second kappa shape index (κ2) is 3.55. The molecule has 11 heavy (non-hydrogen) atoms. The molecular formula is C9H18O2. The van der Waals surface area contributed by atoms with Crippen LogP contribution in [0.15, 0.2) is 0 Å². The maximum absolute atomic E-state index is 9.41. The van der Waals surface area contributed by atoms with Gasteiger partial charge in [0.2, 0.25) is 0 Å². The Labute approximate surface area is 68.6 Å². The summed E-state index contributed by atoms with van der Waals surface area (Å²) in [5.74, 6) is 0.998. The Morgan fingerprint density at radius 2 is 1.64 bits per heavy atom. The predicted octanol–water partition coefficient (Wildman–Crippen LogP) is 1.43. The summed E-state index contributed by atoms with van der Waals surface area (Å²) < 4.78 is 5.35. The van der Waals surface area contributed by atoms with Gasteiger partial charge in [-0.1, -0.05) is 13.8 Å². The maximum Gasteiger partial charge on any atom is 0.0624 e. The monoisotopic (exact) mass is 158 g/mol. The van der Waals surface area contributed by atoms with Crippen LogP contribution in [0.25, 0.3) is 0 Å². The van der Waals surface area contributed by atoms with Crippen LogP contribution in [0.3, 0.4) is 0 Å². The van der Waals surface area contributed by atoms with Gasteiger partial charge in [0, 0.05) is 7.11 Å². The van der Waals surface area contributed by atoms with Crippen molar-refractivity contribution in [1.82, 2.24) is 0 Å². The van der Waals surface area contributed by atoms with Gasteiger partial charge in [-0.25, -0.2) is 0 Å². The summed E-state index contributed by atoms with van der Waals surface area (Å²) in [5.41, 5.74) is 0. The van der Waals surface area contributed by atoms with Crippen LogP contribution < -0.4 is 0 Å². The van der Waals surface area contributed by atoms with Crippen molar-refractivity contribution in [3.8, 4) is 0 Å². The average Bonchev–Trinajstić information content (AvgIpc) is 1.85. The summed E-state index contributed by atoms with van der Waals surface area (Å²) in [6, 6.07) is 0. The molecule has 2 atom stereocenters. The SMILES string of the molecule is COC1C(C)CC(O)CC1C. The van der Waals surface area contributed by atoms with Crippen molar-refractivity contribution < 1.29 is 9.84 Å². The molecule has 2 unspecified atom stereocenters. The first-order valence-corrected chi connectivity index (χ1v) is 4.36. The molecule has 0 saturated heterocycles. The Hall–Kier alpha value is -0.0800. The van der Waals surface area contributed by atoms with Gasteiger partial charge in [-0.3, -0.25) is 0 Å². The highest BCUT2D eigenvalue weighted by molar-refractivity contribution is 4.82. The molecule has 0 aromatic rings.